The first kappa shape index (κ1) is 15.7. The van der Waals surface area contributed by atoms with Crippen molar-refractivity contribution in [1.29, 1.82) is 0 Å². The molecule has 1 aromatic carbocycles. The van der Waals surface area contributed by atoms with Crippen LogP contribution in [0.25, 0.3) is 0 Å². The molecule has 0 aromatic heterocycles. The molecular weight excluding hydrogens is 324 g/mol. The third-order valence-electron chi connectivity index (χ3n) is 4.03. The molecule has 0 atom stereocenters. The fourth-order valence-electron chi connectivity index (χ4n) is 2.90. The lowest BCUT2D eigenvalue weighted by Gasteiger charge is -2.29. The molecule has 124 valence electrons. The van der Waals surface area contributed by atoms with Gasteiger partial charge < -0.3 is 24.4 Å². The molecule has 2 aliphatic rings. The van der Waals surface area contributed by atoms with Gasteiger partial charge in [0.1, 0.15) is 5.88 Å². The van der Waals surface area contributed by atoms with Crippen molar-refractivity contribution in [1.82, 2.24) is 10.2 Å². The van der Waals surface area contributed by atoms with Gasteiger partial charge in [0.15, 0.2) is 11.5 Å². The number of benzene rings is 1. The van der Waals surface area contributed by atoms with E-state index in [2.05, 4.69) is 5.32 Å². The number of halogens is 1. The Kier molecular flexibility index (Phi) is 4.21. The molecule has 1 N–H and O–H groups in total. The molecule has 8 heteroatoms. The Morgan fingerprint density at radius 2 is 2.13 bits per heavy atom. The van der Waals surface area contributed by atoms with Crippen LogP contribution in [0.2, 0.25) is 0 Å². The molecule has 0 saturated carbocycles. The smallest absolute Gasteiger partial charge is 0.257 e. The summed E-state index contributed by atoms with van der Waals surface area (Å²) in [5.74, 6) is 0.767. The molecule has 3 rings (SSSR count). The lowest BCUT2D eigenvalue weighted by atomic mass is 9.91. The Morgan fingerprint density at radius 1 is 1.39 bits per heavy atom. The minimum Gasteiger partial charge on any atom is -0.492 e. The number of nitrogens with zero attached hydrogens (tertiary/aromatic N) is 1. The average Bonchev–Trinajstić information content (AvgIpc) is 3.04. The van der Waals surface area contributed by atoms with Crippen LogP contribution in [0.3, 0.4) is 0 Å². The number of rotatable bonds is 4. The van der Waals surface area contributed by atoms with E-state index in [4.69, 9.17) is 25.8 Å². The standard InChI is InChI=1S/C15H17ClN2O5/c1-18-4-3-8-9(6-17-10(19)5-16)12-14(23-7-22-12)13(21-2)11(8)15(18)20/h3-7H2,1-2H3,(H,17,19). The van der Waals surface area contributed by atoms with E-state index in [1.807, 2.05) is 0 Å². The number of hydrogen-bond acceptors (Lipinski definition) is 5. The maximum Gasteiger partial charge on any atom is 0.257 e. The topological polar surface area (TPSA) is 77.1 Å². The minimum absolute atomic E-state index is 0.0507. The molecule has 2 heterocycles. The van der Waals surface area contributed by atoms with Gasteiger partial charge in [0.2, 0.25) is 18.4 Å². The van der Waals surface area contributed by atoms with E-state index in [1.165, 1.54) is 7.11 Å². The van der Waals surface area contributed by atoms with Crippen molar-refractivity contribution in [2.24, 2.45) is 0 Å². The highest BCUT2D eigenvalue weighted by Crippen LogP contribution is 2.49. The van der Waals surface area contributed by atoms with Crippen LogP contribution in [0.4, 0.5) is 0 Å². The Hall–Kier alpha value is -2.15. The summed E-state index contributed by atoms with van der Waals surface area (Å²) < 4.78 is 16.5. The Balaban J connectivity index is 2.14. The summed E-state index contributed by atoms with van der Waals surface area (Å²) in [7, 11) is 3.23. The number of likely N-dealkylation sites (N-methyl/N-ethyl adjacent to an activating group) is 1. The number of carbonyl (C=O) groups is 2. The van der Waals surface area contributed by atoms with Crippen LogP contribution in [0.5, 0.6) is 17.2 Å². The summed E-state index contributed by atoms with van der Waals surface area (Å²) in [4.78, 5) is 25.7. The van der Waals surface area contributed by atoms with Crippen molar-refractivity contribution in [2.75, 3.05) is 33.4 Å². The van der Waals surface area contributed by atoms with Crippen LogP contribution in [0.15, 0.2) is 0 Å². The summed E-state index contributed by atoms with van der Waals surface area (Å²) >= 11 is 5.52. The summed E-state index contributed by atoms with van der Waals surface area (Å²) in [6.07, 6.45) is 0.649. The molecule has 0 bridgehead atoms. The Labute approximate surface area is 138 Å². The largest absolute Gasteiger partial charge is 0.492 e. The minimum atomic E-state index is -0.289. The molecule has 23 heavy (non-hydrogen) atoms. The molecule has 0 saturated heterocycles. The van der Waals surface area contributed by atoms with Crippen molar-refractivity contribution in [3.8, 4) is 17.2 Å². The van der Waals surface area contributed by atoms with Crippen molar-refractivity contribution >= 4 is 23.4 Å². The first-order chi connectivity index (χ1) is 11.1. The maximum absolute atomic E-state index is 12.6. The number of fused-ring (bicyclic) bond motifs is 2. The molecule has 0 unspecified atom stereocenters. The maximum atomic E-state index is 12.6. The first-order valence-corrected chi connectivity index (χ1v) is 7.71. The van der Waals surface area contributed by atoms with Crippen molar-refractivity contribution < 1.29 is 23.8 Å². The molecule has 1 aromatic rings. The highest BCUT2D eigenvalue weighted by Gasteiger charge is 2.36. The lowest BCUT2D eigenvalue weighted by molar-refractivity contribution is -0.118. The number of carbonyl (C=O) groups excluding carboxylic acids is 2. The predicted octanol–water partition coefficient (Wildman–Crippen LogP) is 0.907. The average molecular weight is 341 g/mol. The van der Waals surface area contributed by atoms with Crippen molar-refractivity contribution in [2.45, 2.75) is 13.0 Å². The second-order valence-corrected chi connectivity index (χ2v) is 5.58. The Bertz CT molecular complexity index is 677. The van der Waals surface area contributed by atoms with Crippen LogP contribution in [0, 0.1) is 0 Å². The van der Waals surface area contributed by atoms with Gasteiger partial charge in [0, 0.05) is 25.7 Å². The molecule has 0 fully saturated rings. The predicted molar refractivity (Wildman–Crippen MR) is 82.3 cm³/mol. The number of nitrogens with one attached hydrogen (secondary N) is 1. The van der Waals surface area contributed by atoms with Crippen LogP contribution in [-0.2, 0) is 17.8 Å². The van der Waals surface area contributed by atoms with E-state index < -0.39 is 0 Å². The number of alkyl halides is 1. The van der Waals surface area contributed by atoms with E-state index in [-0.39, 0.29) is 31.0 Å². The SMILES string of the molecule is COc1c2c(c(CNC(=O)CCl)c3c1C(=O)N(C)CC3)OCO2. The summed E-state index contributed by atoms with van der Waals surface area (Å²) in [6, 6.07) is 0. The monoisotopic (exact) mass is 340 g/mol. The first-order valence-electron chi connectivity index (χ1n) is 7.17. The third-order valence-corrected chi connectivity index (χ3v) is 4.27. The number of amides is 2. The molecule has 2 aliphatic heterocycles. The van der Waals surface area contributed by atoms with Gasteiger partial charge in [-0.25, -0.2) is 0 Å². The van der Waals surface area contributed by atoms with Crippen LogP contribution in [-0.4, -0.2) is 50.1 Å². The van der Waals surface area contributed by atoms with E-state index >= 15 is 0 Å². The zero-order valence-electron chi connectivity index (χ0n) is 12.9. The van der Waals surface area contributed by atoms with Gasteiger partial charge in [0.25, 0.3) is 5.91 Å². The van der Waals surface area contributed by atoms with Gasteiger partial charge in [0.05, 0.1) is 12.7 Å². The summed E-state index contributed by atoms with van der Waals surface area (Å²) in [6.45, 7) is 0.862. The fourth-order valence-corrected chi connectivity index (χ4v) is 2.99. The van der Waals surface area contributed by atoms with Crippen LogP contribution in [0.1, 0.15) is 21.5 Å². The van der Waals surface area contributed by atoms with Crippen LogP contribution < -0.4 is 19.5 Å². The Morgan fingerprint density at radius 3 is 2.83 bits per heavy atom. The van der Waals surface area contributed by atoms with E-state index in [1.54, 1.807) is 11.9 Å². The van der Waals surface area contributed by atoms with Gasteiger partial charge in [-0.2, -0.15) is 0 Å². The lowest BCUT2D eigenvalue weighted by Crippen LogP contribution is -2.36. The molecular formula is C15H17ClN2O5. The van der Waals surface area contributed by atoms with Gasteiger partial charge >= 0.3 is 0 Å². The third kappa shape index (κ3) is 2.55. The zero-order chi connectivity index (χ0) is 16.6. The fraction of sp³-hybridized carbons (Fsp3) is 0.467. The van der Waals surface area contributed by atoms with Crippen molar-refractivity contribution in [3.05, 3.63) is 16.7 Å². The van der Waals surface area contributed by atoms with Gasteiger partial charge in [-0.15, -0.1) is 11.6 Å². The second kappa shape index (κ2) is 6.16. The number of hydrogen-bond donors (Lipinski definition) is 1. The second-order valence-electron chi connectivity index (χ2n) is 5.32. The van der Waals surface area contributed by atoms with Crippen LogP contribution >= 0.6 is 11.6 Å². The molecule has 2 amide bonds. The highest BCUT2D eigenvalue weighted by atomic mass is 35.5. The van der Waals surface area contributed by atoms with E-state index in [0.717, 1.165) is 11.1 Å². The van der Waals surface area contributed by atoms with Gasteiger partial charge in [-0.05, 0) is 12.0 Å². The summed E-state index contributed by atoms with van der Waals surface area (Å²) in [5, 5.41) is 2.72. The normalized spacial score (nSPS) is 15.4. The quantitative estimate of drug-likeness (QED) is 0.824. The number of ether oxygens (including phenoxy) is 3. The van der Waals surface area contributed by atoms with E-state index in [0.29, 0.717) is 35.8 Å². The van der Waals surface area contributed by atoms with Gasteiger partial charge in [-0.1, -0.05) is 0 Å². The molecule has 7 nitrogen and oxygen atoms in total. The molecule has 0 radical (unpaired) electrons. The molecule has 0 aliphatic carbocycles. The zero-order valence-corrected chi connectivity index (χ0v) is 13.7. The van der Waals surface area contributed by atoms with E-state index in [9.17, 15) is 9.59 Å². The molecule has 0 spiro atoms. The van der Waals surface area contributed by atoms with Gasteiger partial charge in [-0.3, -0.25) is 9.59 Å². The van der Waals surface area contributed by atoms with Crippen molar-refractivity contribution in [3.63, 3.8) is 0 Å². The summed E-state index contributed by atoms with van der Waals surface area (Å²) in [5.41, 5.74) is 2.04. The number of methoxy groups -OCH3 is 1. The highest BCUT2D eigenvalue weighted by molar-refractivity contribution is 6.27.